The summed E-state index contributed by atoms with van der Waals surface area (Å²) in [5.41, 5.74) is 2.69. The maximum absolute atomic E-state index is 13.4. The molecule has 0 atom stereocenters. The highest BCUT2D eigenvalue weighted by Gasteiger charge is 2.09. The molecule has 4 nitrogen and oxygen atoms in total. The summed E-state index contributed by atoms with van der Waals surface area (Å²) in [6.45, 7) is 0.556. The summed E-state index contributed by atoms with van der Waals surface area (Å²) in [6.07, 6.45) is 3.58. The van der Waals surface area contributed by atoms with E-state index in [2.05, 4.69) is 15.0 Å². The van der Waals surface area contributed by atoms with Crippen LogP contribution in [0.1, 0.15) is 5.82 Å². The number of para-hydroxylation sites is 2. The second-order valence-corrected chi connectivity index (χ2v) is 5.09. The van der Waals surface area contributed by atoms with Crippen molar-refractivity contribution in [2.24, 2.45) is 0 Å². The van der Waals surface area contributed by atoms with Gasteiger partial charge in [-0.25, -0.2) is 14.4 Å². The number of imidazole rings is 2. The molecule has 0 fully saturated rings. The number of nitrogens with one attached hydrogen (secondary N) is 1. The van der Waals surface area contributed by atoms with E-state index >= 15 is 0 Å². The topological polar surface area (TPSA) is 46.5 Å². The number of aromatic nitrogens is 4. The van der Waals surface area contributed by atoms with E-state index in [9.17, 15) is 4.39 Å². The molecular formula is C17H13FN4. The van der Waals surface area contributed by atoms with E-state index in [1.807, 2.05) is 41.1 Å². The molecule has 0 spiro atoms. The Morgan fingerprint density at radius 3 is 2.86 bits per heavy atom. The van der Waals surface area contributed by atoms with Crippen molar-refractivity contribution in [2.75, 3.05) is 0 Å². The van der Waals surface area contributed by atoms with E-state index in [4.69, 9.17) is 0 Å². The second kappa shape index (κ2) is 5.11. The van der Waals surface area contributed by atoms with Crippen LogP contribution < -0.4 is 0 Å². The molecule has 4 aromatic rings. The zero-order valence-electron chi connectivity index (χ0n) is 11.7. The molecule has 0 aliphatic rings. The fourth-order valence-electron chi connectivity index (χ4n) is 2.57. The molecule has 108 valence electrons. The molecule has 2 aromatic carbocycles. The monoisotopic (exact) mass is 292 g/mol. The Kier molecular flexibility index (Phi) is 2.96. The highest BCUT2D eigenvalue weighted by Crippen LogP contribution is 2.19. The van der Waals surface area contributed by atoms with Gasteiger partial charge in [0.2, 0.25) is 0 Å². The van der Waals surface area contributed by atoms with Gasteiger partial charge in [0.05, 0.1) is 17.6 Å². The summed E-state index contributed by atoms with van der Waals surface area (Å²) in [4.78, 5) is 12.2. The Morgan fingerprint density at radius 2 is 2.00 bits per heavy atom. The summed E-state index contributed by atoms with van der Waals surface area (Å²) in [7, 11) is 0. The number of aromatic amines is 1. The third kappa shape index (κ3) is 2.26. The first-order chi connectivity index (χ1) is 10.8. The zero-order chi connectivity index (χ0) is 14.9. The molecule has 4 rings (SSSR count). The van der Waals surface area contributed by atoms with E-state index < -0.39 is 0 Å². The summed E-state index contributed by atoms with van der Waals surface area (Å²) in [5, 5.41) is 0. The van der Waals surface area contributed by atoms with E-state index in [0.29, 0.717) is 6.54 Å². The van der Waals surface area contributed by atoms with Crippen LogP contribution in [0.2, 0.25) is 0 Å². The highest BCUT2D eigenvalue weighted by atomic mass is 19.1. The van der Waals surface area contributed by atoms with Crippen molar-refractivity contribution < 1.29 is 4.39 Å². The lowest BCUT2D eigenvalue weighted by Gasteiger charge is -2.06. The number of fused-ring (bicyclic) bond motifs is 1. The van der Waals surface area contributed by atoms with Gasteiger partial charge in [-0.1, -0.05) is 24.3 Å². The zero-order valence-corrected chi connectivity index (χ0v) is 11.7. The van der Waals surface area contributed by atoms with Crippen LogP contribution in [0.15, 0.2) is 60.9 Å². The average Bonchev–Trinajstić information content (AvgIpc) is 3.13. The molecule has 0 amide bonds. The van der Waals surface area contributed by atoms with Crippen LogP contribution in [0.4, 0.5) is 4.39 Å². The van der Waals surface area contributed by atoms with Gasteiger partial charge in [0, 0.05) is 18.0 Å². The molecular weight excluding hydrogens is 279 g/mol. The summed E-state index contributed by atoms with van der Waals surface area (Å²) < 4.78 is 15.4. The average molecular weight is 292 g/mol. The number of nitrogens with zero attached hydrogens (tertiary/aromatic N) is 3. The smallest absolute Gasteiger partial charge is 0.140 e. The summed E-state index contributed by atoms with van der Waals surface area (Å²) >= 11 is 0. The van der Waals surface area contributed by atoms with Crippen LogP contribution >= 0.6 is 0 Å². The standard InChI is InChI=1S/C17H13FN4/c18-13-5-3-4-12(10-13)17-19-8-9-22(17)11-16-20-14-6-1-2-7-15(14)21-16/h1-10H,11H2,(H,20,21). The fourth-order valence-corrected chi connectivity index (χ4v) is 2.57. The van der Waals surface area contributed by atoms with Crippen molar-refractivity contribution in [3.63, 3.8) is 0 Å². The third-order valence-corrected chi connectivity index (χ3v) is 3.56. The maximum atomic E-state index is 13.4. The number of halogens is 1. The molecule has 0 aliphatic carbocycles. The van der Waals surface area contributed by atoms with Gasteiger partial charge in [-0.15, -0.1) is 0 Å². The van der Waals surface area contributed by atoms with Crippen molar-refractivity contribution in [1.82, 2.24) is 19.5 Å². The summed E-state index contributed by atoms with van der Waals surface area (Å²) in [5.74, 6) is 1.30. The minimum absolute atomic E-state index is 0.268. The van der Waals surface area contributed by atoms with Gasteiger partial charge in [-0.05, 0) is 24.3 Å². The normalized spacial score (nSPS) is 11.1. The predicted octanol–water partition coefficient (Wildman–Crippen LogP) is 3.61. The van der Waals surface area contributed by atoms with Gasteiger partial charge in [-0.3, -0.25) is 0 Å². The first-order valence-corrected chi connectivity index (χ1v) is 7.00. The van der Waals surface area contributed by atoms with Crippen molar-refractivity contribution in [2.45, 2.75) is 6.54 Å². The molecule has 22 heavy (non-hydrogen) atoms. The van der Waals surface area contributed by atoms with Crippen LogP contribution in [0.3, 0.4) is 0 Å². The predicted molar refractivity (Wildman–Crippen MR) is 82.8 cm³/mol. The lowest BCUT2D eigenvalue weighted by molar-refractivity contribution is 0.628. The van der Waals surface area contributed by atoms with Crippen molar-refractivity contribution >= 4 is 11.0 Å². The van der Waals surface area contributed by atoms with Crippen molar-refractivity contribution in [3.05, 3.63) is 72.6 Å². The molecule has 0 bridgehead atoms. The molecule has 0 saturated carbocycles. The Labute approximate surface area is 126 Å². The van der Waals surface area contributed by atoms with Gasteiger partial charge in [0.1, 0.15) is 17.5 Å². The lowest BCUT2D eigenvalue weighted by Crippen LogP contribution is -2.02. The van der Waals surface area contributed by atoms with Gasteiger partial charge in [0.25, 0.3) is 0 Å². The van der Waals surface area contributed by atoms with Crippen LogP contribution in [-0.2, 0) is 6.54 Å². The molecule has 0 aliphatic heterocycles. The van der Waals surface area contributed by atoms with E-state index in [1.165, 1.54) is 12.1 Å². The Morgan fingerprint density at radius 1 is 1.09 bits per heavy atom. The van der Waals surface area contributed by atoms with Crippen LogP contribution in [0.25, 0.3) is 22.4 Å². The maximum Gasteiger partial charge on any atom is 0.140 e. The largest absolute Gasteiger partial charge is 0.340 e. The van der Waals surface area contributed by atoms with Crippen LogP contribution in [-0.4, -0.2) is 19.5 Å². The SMILES string of the molecule is Fc1cccc(-c2nccn2Cc2nc3ccccc3[nH]2)c1. The van der Waals surface area contributed by atoms with E-state index in [0.717, 1.165) is 28.2 Å². The number of H-pyrrole nitrogens is 1. The molecule has 5 heteroatoms. The highest BCUT2D eigenvalue weighted by molar-refractivity contribution is 5.74. The number of hydrogen-bond acceptors (Lipinski definition) is 2. The minimum atomic E-state index is -0.268. The quantitative estimate of drug-likeness (QED) is 0.627. The van der Waals surface area contributed by atoms with Crippen LogP contribution in [0, 0.1) is 5.82 Å². The van der Waals surface area contributed by atoms with Gasteiger partial charge < -0.3 is 9.55 Å². The second-order valence-electron chi connectivity index (χ2n) is 5.09. The number of hydrogen-bond donors (Lipinski definition) is 1. The first-order valence-electron chi connectivity index (χ1n) is 7.00. The first kappa shape index (κ1) is 12.8. The minimum Gasteiger partial charge on any atom is -0.340 e. The fraction of sp³-hybridized carbons (Fsp3) is 0.0588. The number of rotatable bonds is 3. The Bertz CT molecular complexity index is 905. The molecule has 2 aromatic heterocycles. The van der Waals surface area contributed by atoms with Gasteiger partial charge in [0.15, 0.2) is 0 Å². The third-order valence-electron chi connectivity index (χ3n) is 3.56. The Hall–Kier alpha value is -2.95. The van der Waals surface area contributed by atoms with Gasteiger partial charge in [-0.2, -0.15) is 0 Å². The summed E-state index contributed by atoms with van der Waals surface area (Å²) in [6, 6.07) is 14.3. The van der Waals surface area contributed by atoms with Crippen molar-refractivity contribution in [3.8, 4) is 11.4 Å². The molecule has 0 unspecified atom stereocenters. The number of benzene rings is 2. The molecule has 0 radical (unpaired) electrons. The molecule has 1 N–H and O–H groups in total. The van der Waals surface area contributed by atoms with Crippen LogP contribution in [0.5, 0.6) is 0 Å². The molecule has 0 saturated heterocycles. The Balaban J connectivity index is 1.70. The van der Waals surface area contributed by atoms with Crippen molar-refractivity contribution in [1.29, 1.82) is 0 Å². The van der Waals surface area contributed by atoms with Gasteiger partial charge >= 0.3 is 0 Å². The molecule has 2 heterocycles. The lowest BCUT2D eigenvalue weighted by atomic mass is 10.2. The van der Waals surface area contributed by atoms with E-state index in [1.54, 1.807) is 12.3 Å². The van der Waals surface area contributed by atoms with E-state index in [-0.39, 0.29) is 5.82 Å².